The first-order valence-electron chi connectivity index (χ1n) is 8.09. The number of hydrogen-bond acceptors (Lipinski definition) is 5. The summed E-state index contributed by atoms with van der Waals surface area (Å²) in [5.41, 5.74) is 0. The molecule has 0 radical (unpaired) electrons. The summed E-state index contributed by atoms with van der Waals surface area (Å²) in [6.45, 7) is 5.15. The number of nitrogens with one attached hydrogen (secondary N) is 2. The topological polar surface area (TPSA) is 53.6 Å². The van der Waals surface area contributed by atoms with Crippen LogP contribution in [0.25, 0.3) is 0 Å². The number of thioether (sulfide) groups is 1. The number of amides is 1. The van der Waals surface area contributed by atoms with Crippen LogP contribution in [0.15, 0.2) is 0 Å². The molecule has 0 aliphatic carbocycles. The molecule has 0 saturated carbocycles. The van der Waals surface area contributed by atoms with Crippen molar-refractivity contribution in [1.82, 2.24) is 15.5 Å². The van der Waals surface area contributed by atoms with Crippen molar-refractivity contribution in [3.63, 3.8) is 0 Å². The maximum atomic E-state index is 12.1. The molecule has 2 saturated heterocycles. The van der Waals surface area contributed by atoms with Crippen molar-refractivity contribution in [1.29, 1.82) is 0 Å². The number of carbonyl (C=O) groups is 1. The van der Waals surface area contributed by atoms with Crippen LogP contribution in [0.2, 0.25) is 0 Å². The van der Waals surface area contributed by atoms with E-state index >= 15 is 0 Å². The molecule has 0 bridgehead atoms. The maximum Gasteiger partial charge on any atom is 0.221 e. The number of nitrogens with zero attached hydrogens (tertiary/aromatic N) is 1. The lowest BCUT2D eigenvalue weighted by Gasteiger charge is -2.32. The Balaban J connectivity index is 0.00000242. The van der Waals surface area contributed by atoms with Crippen LogP contribution >= 0.6 is 36.6 Å². The smallest absolute Gasteiger partial charge is 0.221 e. The zero-order chi connectivity index (χ0) is 14.9. The van der Waals surface area contributed by atoms with Crippen LogP contribution in [0.3, 0.4) is 0 Å². The van der Waals surface area contributed by atoms with E-state index in [4.69, 9.17) is 4.74 Å². The standard InChI is InChI=1S/C15H29N3O2S.2ClH/c1-20-9-2-6-18-7-3-13(4-8-18)17-15(19)11-14-12-21-10-5-16-14;;/h13-14,16H,2-12H2,1H3,(H,17,19);2*1H. The fourth-order valence-corrected chi connectivity index (χ4v) is 3.94. The van der Waals surface area contributed by atoms with Gasteiger partial charge in [-0.2, -0.15) is 11.8 Å². The van der Waals surface area contributed by atoms with Gasteiger partial charge in [0.15, 0.2) is 0 Å². The normalized spacial score (nSPS) is 22.7. The summed E-state index contributed by atoms with van der Waals surface area (Å²) in [5.74, 6) is 2.44. The number of ether oxygens (including phenoxy) is 1. The minimum atomic E-state index is 0. The van der Waals surface area contributed by atoms with E-state index in [1.165, 1.54) is 5.75 Å². The lowest BCUT2D eigenvalue weighted by molar-refractivity contribution is -0.122. The molecule has 2 fully saturated rings. The Morgan fingerprint density at radius 1 is 1.35 bits per heavy atom. The van der Waals surface area contributed by atoms with E-state index in [-0.39, 0.29) is 30.7 Å². The molecule has 0 spiro atoms. The maximum absolute atomic E-state index is 12.1. The van der Waals surface area contributed by atoms with Crippen molar-refractivity contribution in [2.75, 3.05) is 51.4 Å². The first kappa shape index (κ1) is 23.3. The second-order valence-electron chi connectivity index (χ2n) is 5.96. The molecule has 8 heteroatoms. The number of carbonyl (C=O) groups excluding carboxylic acids is 1. The zero-order valence-electron chi connectivity index (χ0n) is 13.9. The van der Waals surface area contributed by atoms with Gasteiger partial charge < -0.3 is 20.3 Å². The molecule has 2 rings (SSSR count). The highest BCUT2D eigenvalue weighted by Gasteiger charge is 2.22. The van der Waals surface area contributed by atoms with E-state index in [9.17, 15) is 4.79 Å². The fourth-order valence-electron chi connectivity index (χ4n) is 2.99. The molecule has 2 aliphatic rings. The molecule has 138 valence electrons. The molecule has 5 nitrogen and oxygen atoms in total. The SMILES string of the molecule is COCCCN1CCC(NC(=O)CC2CSCCN2)CC1.Cl.Cl. The average molecular weight is 388 g/mol. The van der Waals surface area contributed by atoms with Gasteiger partial charge in [0.1, 0.15) is 0 Å². The predicted molar refractivity (Wildman–Crippen MR) is 102 cm³/mol. The molecular formula is C15H31Cl2N3O2S. The van der Waals surface area contributed by atoms with Crippen LogP contribution in [-0.4, -0.2) is 74.3 Å². The molecule has 0 aromatic carbocycles. The number of hydrogen-bond donors (Lipinski definition) is 2. The minimum Gasteiger partial charge on any atom is -0.385 e. The number of methoxy groups -OCH3 is 1. The van der Waals surface area contributed by atoms with Crippen molar-refractivity contribution in [2.45, 2.75) is 37.8 Å². The van der Waals surface area contributed by atoms with Crippen LogP contribution in [0.5, 0.6) is 0 Å². The van der Waals surface area contributed by atoms with Gasteiger partial charge in [-0.25, -0.2) is 0 Å². The molecule has 1 amide bonds. The Kier molecular flexibility index (Phi) is 13.7. The van der Waals surface area contributed by atoms with Gasteiger partial charge in [-0.1, -0.05) is 0 Å². The quantitative estimate of drug-likeness (QED) is 0.648. The van der Waals surface area contributed by atoms with Crippen LogP contribution in [-0.2, 0) is 9.53 Å². The van der Waals surface area contributed by atoms with E-state index in [2.05, 4.69) is 15.5 Å². The van der Waals surface area contributed by atoms with E-state index in [1.54, 1.807) is 7.11 Å². The monoisotopic (exact) mass is 387 g/mol. The van der Waals surface area contributed by atoms with Crippen molar-refractivity contribution in [3.8, 4) is 0 Å². The van der Waals surface area contributed by atoms with Gasteiger partial charge in [0.2, 0.25) is 5.91 Å². The summed E-state index contributed by atoms with van der Waals surface area (Å²) in [6, 6.07) is 0.727. The van der Waals surface area contributed by atoms with Gasteiger partial charge in [-0.3, -0.25) is 4.79 Å². The summed E-state index contributed by atoms with van der Waals surface area (Å²) < 4.78 is 5.09. The second kappa shape index (κ2) is 13.6. The lowest BCUT2D eigenvalue weighted by Crippen LogP contribution is -2.47. The van der Waals surface area contributed by atoms with Crippen LogP contribution < -0.4 is 10.6 Å². The molecular weight excluding hydrogens is 357 g/mol. The van der Waals surface area contributed by atoms with Crippen molar-refractivity contribution < 1.29 is 9.53 Å². The number of rotatable bonds is 7. The summed E-state index contributed by atoms with van der Waals surface area (Å²) in [4.78, 5) is 14.6. The Morgan fingerprint density at radius 2 is 2.09 bits per heavy atom. The zero-order valence-corrected chi connectivity index (χ0v) is 16.4. The molecule has 1 atom stereocenters. The van der Waals surface area contributed by atoms with Crippen molar-refractivity contribution >= 4 is 42.5 Å². The molecule has 0 aromatic rings. The van der Waals surface area contributed by atoms with Gasteiger partial charge in [-0.05, 0) is 19.3 Å². The third-order valence-electron chi connectivity index (χ3n) is 4.21. The first-order valence-corrected chi connectivity index (χ1v) is 9.25. The van der Waals surface area contributed by atoms with Crippen LogP contribution in [0.4, 0.5) is 0 Å². The fraction of sp³-hybridized carbons (Fsp3) is 0.933. The van der Waals surface area contributed by atoms with Gasteiger partial charge in [0.25, 0.3) is 0 Å². The highest BCUT2D eigenvalue weighted by molar-refractivity contribution is 7.99. The van der Waals surface area contributed by atoms with Gasteiger partial charge >= 0.3 is 0 Å². The van der Waals surface area contributed by atoms with Crippen LogP contribution in [0, 0.1) is 0 Å². The van der Waals surface area contributed by atoms with E-state index < -0.39 is 0 Å². The Morgan fingerprint density at radius 3 is 2.70 bits per heavy atom. The summed E-state index contributed by atoms with van der Waals surface area (Å²) >= 11 is 1.94. The Hall–Kier alpha value is 0.280. The lowest BCUT2D eigenvalue weighted by atomic mass is 10.0. The summed E-state index contributed by atoms with van der Waals surface area (Å²) in [5, 5.41) is 6.64. The average Bonchev–Trinajstić information content (AvgIpc) is 2.50. The first-order chi connectivity index (χ1) is 10.3. The van der Waals surface area contributed by atoms with Crippen molar-refractivity contribution in [3.05, 3.63) is 0 Å². The van der Waals surface area contributed by atoms with E-state index in [0.29, 0.717) is 18.5 Å². The van der Waals surface area contributed by atoms with E-state index in [0.717, 1.165) is 57.8 Å². The van der Waals surface area contributed by atoms with Gasteiger partial charge in [-0.15, -0.1) is 24.8 Å². The van der Waals surface area contributed by atoms with Gasteiger partial charge in [0, 0.05) is 69.9 Å². The Labute approximate surface area is 156 Å². The summed E-state index contributed by atoms with van der Waals surface area (Å²) in [7, 11) is 1.75. The third kappa shape index (κ3) is 9.37. The van der Waals surface area contributed by atoms with Gasteiger partial charge in [0.05, 0.1) is 0 Å². The second-order valence-corrected chi connectivity index (χ2v) is 7.11. The number of piperidine rings is 1. The highest BCUT2D eigenvalue weighted by Crippen LogP contribution is 2.13. The van der Waals surface area contributed by atoms with E-state index in [1.807, 2.05) is 11.8 Å². The highest BCUT2D eigenvalue weighted by atomic mass is 35.5. The molecule has 2 heterocycles. The molecule has 1 unspecified atom stereocenters. The molecule has 0 aromatic heterocycles. The Bertz CT molecular complexity index is 313. The molecule has 2 aliphatic heterocycles. The van der Waals surface area contributed by atoms with Crippen LogP contribution in [0.1, 0.15) is 25.7 Å². The predicted octanol–water partition coefficient (Wildman–Crippen LogP) is 1.54. The van der Waals surface area contributed by atoms with Crippen molar-refractivity contribution in [2.24, 2.45) is 0 Å². The molecule has 23 heavy (non-hydrogen) atoms. The molecule has 2 N–H and O–H groups in total. The minimum absolute atomic E-state index is 0. The number of likely N-dealkylation sites (tertiary alicyclic amines) is 1. The third-order valence-corrected chi connectivity index (χ3v) is 5.34. The number of halogens is 2. The largest absolute Gasteiger partial charge is 0.385 e. The summed E-state index contributed by atoms with van der Waals surface area (Å²) in [6.07, 6.45) is 3.87.